The van der Waals surface area contributed by atoms with Gasteiger partial charge in [0.25, 0.3) is 0 Å². The molecule has 0 heterocycles. The normalized spacial score (nSPS) is 16.9. The van der Waals surface area contributed by atoms with Gasteiger partial charge in [0.1, 0.15) is 0 Å². The predicted octanol–water partition coefficient (Wildman–Crippen LogP) is 1.11. The number of rotatable bonds is 3. The van der Waals surface area contributed by atoms with Crippen LogP contribution in [-0.4, -0.2) is 49.3 Å². The zero-order valence-electron chi connectivity index (χ0n) is 10.5. The Morgan fingerprint density at radius 1 is 1.06 bits per heavy atom. The second-order valence-corrected chi connectivity index (χ2v) is 4.82. The molecule has 0 radical (unpaired) electrons. The smallest absolute Gasteiger partial charge is 0.241 e. The van der Waals surface area contributed by atoms with Crippen LogP contribution in [0.15, 0.2) is 0 Å². The van der Waals surface area contributed by atoms with Crippen LogP contribution in [0.2, 0.25) is 0 Å². The van der Waals surface area contributed by atoms with Gasteiger partial charge in [0.05, 0.1) is 6.54 Å². The summed E-state index contributed by atoms with van der Waals surface area (Å²) >= 11 is 0. The maximum absolute atomic E-state index is 12.0. The van der Waals surface area contributed by atoms with E-state index in [9.17, 15) is 9.59 Å². The molecule has 92 valence electrons. The van der Waals surface area contributed by atoms with E-state index in [1.165, 1.54) is 11.3 Å². The minimum atomic E-state index is -0.0216. The van der Waals surface area contributed by atoms with Crippen LogP contribution in [0.5, 0.6) is 0 Å². The zero-order valence-corrected chi connectivity index (χ0v) is 10.5. The van der Waals surface area contributed by atoms with Crippen LogP contribution in [0.4, 0.5) is 0 Å². The maximum atomic E-state index is 12.0. The third-order valence-electron chi connectivity index (χ3n) is 3.20. The Balaban J connectivity index is 2.43. The molecule has 0 spiro atoms. The highest BCUT2D eigenvalue weighted by atomic mass is 16.2. The fraction of sp³-hybridized carbons (Fsp3) is 0.833. The molecule has 1 aliphatic rings. The molecular formula is C12H22N2O2. The summed E-state index contributed by atoms with van der Waals surface area (Å²) in [6, 6.07) is 0. The molecule has 0 N–H and O–H groups in total. The molecule has 0 aromatic rings. The molecule has 4 heteroatoms. The molecule has 0 unspecified atom stereocenters. The van der Waals surface area contributed by atoms with Gasteiger partial charge in [-0.05, 0) is 12.8 Å². The Hall–Kier alpha value is -1.06. The first-order valence-corrected chi connectivity index (χ1v) is 5.97. The first-order chi connectivity index (χ1) is 7.52. The van der Waals surface area contributed by atoms with Gasteiger partial charge in [-0.1, -0.05) is 19.3 Å². The summed E-state index contributed by atoms with van der Waals surface area (Å²) in [4.78, 5) is 26.6. The first kappa shape index (κ1) is 13.0. The van der Waals surface area contributed by atoms with Crippen molar-refractivity contribution >= 4 is 11.8 Å². The number of likely N-dealkylation sites (N-methyl/N-ethyl adjacent to an activating group) is 2. The van der Waals surface area contributed by atoms with E-state index in [4.69, 9.17) is 0 Å². The van der Waals surface area contributed by atoms with Gasteiger partial charge in [0.2, 0.25) is 11.8 Å². The molecule has 0 aromatic heterocycles. The lowest BCUT2D eigenvalue weighted by molar-refractivity contribution is -0.141. The summed E-state index contributed by atoms with van der Waals surface area (Å²) in [6.07, 6.45) is 5.50. The molecule has 1 rings (SSSR count). The van der Waals surface area contributed by atoms with Crippen molar-refractivity contribution in [3.63, 3.8) is 0 Å². The van der Waals surface area contributed by atoms with Crippen LogP contribution < -0.4 is 0 Å². The van der Waals surface area contributed by atoms with Crippen molar-refractivity contribution in [2.75, 3.05) is 27.7 Å². The minimum absolute atomic E-state index is 0.0216. The Morgan fingerprint density at radius 3 is 2.12 bits per heavy atom. The third kappa shape index (κ3) is 3.51. The van der Waals surface area contributed by atoms with Gasteiger partial charge in [-0.25, -0.2) is 0 Å². The Kier molecular flexibility index (Phi) is 4.77. The van der Waals surface area contributed by atoms with Crippen LogP contribution in [0.3, 0.4) is 0 Å². The summed E-state index contributed by atoms with van der Waals surface area (Å²) < 4.78 is 0. The van der Waals surface area contributed by atoms with E-state index in [1.54, 1.807) is 26.0 Å². The molecule has 4 nitrogen and oxygen atoms in total. The predicted molar refractivity (Wildman–Crippen MR) is 62.9 cm³/mol. The molecule has 1 fully saturated rings. The first-order valence-electron chi connectivity index (χ1n) is 5.97. The van der Waals surface area contributed by atoms with Crippen molar-refractivity contribution in [1.29, 1.82) is 0 Å². The number of hydrogen-bond acceptors (Lipinski definition) is 2. The number of amides is 2. The average molecular weight is 226 g/mol. The quantitative estimate of drug-likeness (QED) is 0.723. The summed E-state index contributed by atoms with van der Waals surface area (Å²) in [5, 5.41) is 0. The van der Waals surface area contributed by atoms with Crippen LogP contribution in [0.25, 0.3) is 0 Å². The highest BCUT2D eigenvalue weighted by Crippen LogP contribution is 2.24. The third-order valence-corrected chi connectivity index (χ3v) is 3.20. The lowest BCUT2D eigenvalue weighted by Gasteiger charge is -2.26. The fourth-order valence-electron chi connectivity index (χ4n) is 2.08. The molecule has 0 bridgehead atoms. The van der Waals surface area contributed by atoms with E-state index in [-0.39, 0.29) is 24.3 Å². The number of carbonyl (C=O) groups is 2. The van der Waals surface area contributed by atoms with Crippen LogP contribution in [0.1, 0.15) is 32.1 Å². The highest BCUT2D eigenvalue weighted by molar-refractivity contribution is 5.85. The number of carbonyl (C=O) groups excluding carboxylic acids is 2. The summed E-state index contributed by atoms with van der Waals surface area (Å²) in [5.41, 5.74) is 0. The second kappa shape index (κ2) is 5.87. The molecule has 16 heavy (non-hydrogen) atoms. The van der Waals surface area contributed by atoms with E-state index >= 15 is 0 Å². The molecule has 1 saturated carbocycles. The largest absolute Gasteiger partial charge is 0.347 e. The average Bonchev–Trinajstić information content (AvgIpc) is 2.28. The molecule has 0 saturated heterocycles. The SMILES string of the molecule is CN(C)C(=O)CN(C)C(=O)C1CCCCC1. The molecule has 0 aliphatic heterocycles. The van der Waals surface area contributed by atoms with Gasteiger partial charge in [-0.15, -0.1) is 0 Å². The Morgan fingerprint density at radius 2 is 1.62 bits per heavy atom. The van der Waals surface area contributed by atoms with E-state index < -0.39 is 0 Å². The van der Waals surface area contributed by atoms with Gasteiger partial charge in [-0.2, -0.15) is 0 Å². The minimum Gasteiger partial charge on any atom is -0.347 e. The summed E-state index contributed by atoms with van der Waals surface area (Å²) in [6.45, 7) is 0.197. The second-order valence-electron chi connectivity index (χ2n) is 4.82. The molecular weight excluding hydrogens is 204 g/mol. The summed E-state index contributed by atoms with van der Waals surface area (Å²) in [7, 11) is 5.14. The van der Waals surface area contributed by atoms with Crippen molar-refractivity contribution in [2.45, 2.75) is 32.1 Å². The molecule has 0 atom stereocenters. The van der Waals surface area contributed by atoms with Gasteiger partial charge in [0, 0.05) is 27.1 Å². The van der Waals surface area contributed by atoms with Gasteiger partial charge in [0.15, 0.2) is 0 Å². The van der Waals surface area contributed by atoms with E-state index in [0.29, 0.717) is 0 Å². The van der Waals surface area contributed by atoms with Gasteiger partial charge >= 0.3 is 0 Å². The standard InChI is InChI=1S/C12H22N2O2/c1-13(2)11(15)9-14(3)12(16)10-7-5-4-6-8-10/h10H,4-9H2,1-3H3. The summed E-state index contributed by atoms with van der Waals surface area (Å²) in [5.74, 6) is 0.260. The number of hydrogen-bond donors (Lipinski definition) is 0. The van der Waals surface area contributed by atoms with Gasteiger partial charge < -0.3 is 9.80 Å². The van der Waals surface area contributed by atoms with E-state index in [1.807, 2.05) is 0 Å². The van der Waals surface area contributed by atoms with Gasteiger partial charge in [-0.3, -0.25) is 9.59 Å². The van der Waals surface area contributed by atoms with Crippen molar-refractivity contribution in [3.05, 3.63) is 0 Å². The maximum Gasteiger partial charge on any atom is 0.241 e. The van der Waals surface area contributed by atoms with Crippen LogP contribution in [0, 0.1) is 5.92 Å². The Bertz CT molecular complexity index is 258. The lowest BCUT2D eigenvalue weighted by atomic mass is 9.88. The Labute approximate surface area is 97.6 Å². The number of nitrogens with zero attached hydrogens (tertiary/aromatic N) is 2. The zero-order chi connectivity index (χ0) is 12.1. The van der Waals surface area contributed by atoms with E-state index in [0.717, 1.165) is 25.7 Å². The van der Waals surface area contributed by atoms with Crippen molar-refractivity contribution in [3.8, 4) is 0 Å². The van der Waals surface area contributed by atoms with Crippen LogP contribution >= 0.6 is 0 Å². The highest BCUT2D eigenvalue weighted by Gasteiger charge is 2.25. The van der Waals surface area contributed by atoms with Crippen molar-refractivity contribution in [1.82, 2.24) is 9.80 Å². The molecule has 1 aliphatic carbocycles. The molecule has 2 amide bonds. The lowest BCUT2D eigenvalue weighted by Crippen LogP contribution is -2.41. The van der Waals surface area contributed by atoms with E-state index in [2.05, 4.69) is 0 Å². The van der Waals surface area contributed by atoms with Crippen LogP contribution in [-0.2, 0) is 9.59 Å². The fourth-order valence-corrected chi connectivity index (χ4v) is 2.08. The van der Waals surface area contributed by atoms with Crippen molar-refractivity contribution < 1.29 is 9.59 Å². The van der Waals surface area contributed by atoms with Crippen molar-refractivity contribution in [2.24, 2.45) is 5.92 Å². The monoisotopic (exact) mass is 226 g/mol. The molecule has 0 aromatic carbocycles. The topological polar surface area (TPSA) is 40.6 Å².